The van der Waals surface area contributed by atoms with Crippen LogP contribution in [0.15, 0.2) is 35.1 Å². The number of benzene rings is 1. The van der Waals surface area contributed by atoms with E-state index in [2.05, 4.69) is 54.8 Å². The van der Waals surface area contributed by atoms with Gasteiger partial charge in [0.1, 0.15) is 29.9 Å². The van der Waals surface area contributed by atoms with Gasteiger partial charge in [-0.3, -0.25) is 0 Å². The fourth-order valence-corrected chi connectivity index (χ4v) is 5.67. The second-order valence-electron chi connectivity index (χ2n) is 9.02. The van der Waals surface area contributed by atoms with Gasteiger partial charge in [-0.05, 0) is 64.7 Å². The molecule has 3 heterocycles. The summed E-state index contributed by atoms with van der Waals surface area (Å²) in [5.41, 5.74) is 14.9. The Hall–Kier alpha value is -2.49. The number of aliphatic hydroxyl groups is 2. The van der Waals surface area contributed by atoms with E-state index in [0.29, 0.717) is 18.1 Å². The summed E-state index contributed by atoms with van der Waals surface area (Å²) >= 11 is 3.42. The second-order valence-corrected chi connectivity index (χ2v) is 9.87. The first kappa shape index (κ1) is 21.4. The third-order valence-electron chi connectivity index (χ3n) is 7.08. The number of hydrogen-bond donors (Lipinski definition) is 4. The predicted molar refractivity (Wildman–Crippen MR) is 128 cm³/mol. The molecule has 0 saturated heterocycles. The zero-order valence-corrected chi connectivity index (χ0v) is 19.4. The van der Waals surface area contributed by atoms with Crippen LogP contribution in [0.5, 0.6) is 0 Å². The Kier molecular flexibility index (Phi) is 5.43. The van der Waals surface area contributed by atoms with Gasteiger partial charge in [-0.15, -0.1) is 0 Å². The summed E-state index contributed by atoms with van der Waals surface area (Å²) in [4.78, 5) is 15.1. The SMILES string of the molecule is C[C@H](Cc1ccc2cc(Br)c(N)nc2c1)[C@H]1C[C@@H](N2CCc3c(N)ncnc32)[C@H](O)[C@@H]1O. The molecule has 0 amide bonds. The Bertz CT molecular complexity index is 1170. The number of nitrogens with zero attached hydrogens (tertiary/aromatic N) is 4. The van der Waals surface area contributed by atoms with E-state index in [-0.39, 0.29) is 17.9 Å². The van der Waals surface area contributed by atoms with Gasteiger partial charge in [-0.25, -0.2) is 15.0 Å². The van der Waals surface area contributed by atoms with Crippen molar-refractivity contribution in [2.24, 2.45) is 11.8 Å². The van der Waals surface area contributed by atoms with Crippen LogP contribution < -0.4 is 16.4 Å². The molecule has 1 aromatic carbocycles. The van der Waals surface area contributed by atoms with Crippen LogP contribution in [0.4, 0.5) is 17.5 Å². The average Bonchev–Trinajstić information content (AvgIpc) is 3.31. The van der Waals surface area contributed by atoms with Crippen LogP contribution in [-0.2, 0) is 12.8 Å². The molecule has 8 nitrogen and oxygen atoms in total. The van der Waals surface area contributed by atoms with Crippen LogP contribution in [0.3, 0.4) is 0 Å². The lowest BCUT2D eigenvalue weighted by Crippen LogP contribution is -2.43. The molecule has 0 radical (unpaired) electrons. The first-order valence-electron chi connectivity index (χ1n) is 10.9. The molecular weight excluding hydrogens is 472 g/mol. The Balaban J connectivity index is 1.34. The molecule has 5 rings (SSSR count). The molecule has 1 aliphatic heterocycles. The topological polar surface area (TPSA) is 134 Å². The van der Waals surface area contributed by atoms with E-state index in [4.69, 9.17) is 11.5 Å². The molecule has 168 valence electrons. The van der Waals surface area contributed by atoms with Gasteiger partial charge in [-0.2, -0.15) is 0 Å². The largest absolute Gasteiger partial charge is 0.390 e. The lowest BCUT2D eigenvalue weighted by Gasteiger charge is -2.28. The van der Waals surface area contributed by atoms with Gasteiger partial charge in [0, 0.05) is 17.5 Å². The molecule has 0 unspecified atom stereocenters. The van der Waals surface area contributed by atoms with Crippen LogP contribution in [0.1, 0.15) is 24.5 Å². The summed E-state index contributed by atoms with van der Waals surface area (Å²) in [6.07, 6.45) is 2.07. The van der Waals surface area contributed by atoms with Gasteiger partial charge >= 0.3 is 0 Å². The second kappa shape index (κ2) is 8.13. The van der Waals surface area contributed by atoms with Gasteiger partial charge < -0.3 is 26.6 Å². The van der Waals surface area contributed by atoms with Crippen LogP contribution in [-0.4, -0.2) is 50.0 Å². The summed E-state index contributed by atoms with van der Waals surface area (Å²) < 4.78 is 0.788. The molecule has 6 N–H and O–H groups in total. The lowest BCUT2D eigenvalue weighted by molar-refractivity contribution is 0.00345. The maximum Gasteiger partial charge on any atom is 0.138 e. The highest BCUT2D eigenvalue weighted by molar-refractivity contribution is 9.10. The molecule has 1 saturated carbocycles. The highest BCUT2D eigenvalue weighted by atomic mass is 79.9. The maximum atomic E-state index is 10.9. The summed E-state index contributed by atoms with van der Waals surface area (Å²) in [6.45, 7) is 2.86. The van der Waals surface area contributed by atoms with Gasteiger partial charge in [0.05, 0.1) is 22.1 Å². The highest BCUT2D eigenvalue weighted by Gasteiger charge is 2.47. The maximum absolute atomic E-state index is 10.9. The summed E-state index contributed by atoms with van der Waals surface area (Å²) in [7, 11) is 0. The van der Waals surface area contributed by atoms with Gasteiger partial charge in [0.15, 0.2) is 0 Å². The minimum Gasteiger partial charge on any atom is -0.390 e. The van der Waals surface area contributed by atoms with Crippen molar-refractivity contribution < 1.29 is 10.2 Å². The van der Waals surface area contributed by atoms with Crippen molar-refractivity contribution in [2.45, 2.75) is 44.4 Å². The number of pyridine rings is 1. The smallest absolute Gasteiger partial charge is 0.138 e. The molecule has 3 aromatic rings. The highest BCUT2D eigenvalue weighted by Crippen LogP contribution is 2.41. The number of rotatable bonds is 4. The van der Waals surface area contributed by atoms with Crippen LogP contribution in [0.25, 0.3) is 10.9 Å². The van der Waals surface area contributed by atoms with Crippen molar-refractivity contribution in [3.63, 3.8) is 0 Å². The Morgan fingerprint density at radius 2 is 1.97 bits per heavy atom. The molecule has 9 heteroatoms. The van der Waals surface area contributed by atoms with Crippen molar-refractivity contribution in [3.05, 3.63) is 46.2 Å². The van der Waals surface area contributed by atoms with Crippen molar-refractivity contribution in [1.82, 2.24) is 15.0 Å². The van der Waals surface area contributed by atoms with E-state index in [1.165, 1.54) is 6.33 Å². The monoisotopic (exact) mass is 498 g/mol. The first-order valence-corrected chi connectivity index (χ1v) is 11.7. The average molecular weight is 499 g/mol. The number of aliphatic hydroxyl groups excluding tert-OH is 2. The van der Waals surface area contributed by atoms with E-state index in [9.17, 15) is 10.2 Å². The normalized spacial score (nSPS) is 25.9. The zero-order valence-electron chi connectivity index (χ0n) is 17.8. The Morgan fingerprint density at radius 1 is 1.16 bits per heavy atom. The first-order chi connectivity index (χ1) is 15.3. The number of hydrogen-bond acceptors (Lipinski definition) is 8. The summed E-state index contributed by atoms with van der Waals surface area (Å²) in [6, 6.07) is 7.97. The van der Waals surface area contributed by atoms with E-state index >= 15 is 0 Å². The molecule has 0 bridgehead atoms. The molecule has 5 atom stereocenters. The molecule has 2 aliphatic rings. The molecule has 32 heavy (non-hydrogen) atoms. The van der Waals surface area contributed by atoms with Gasteiger partial charge in [0.2, 0.25) is 0 Å². The fraction of sp³-hybridized carbons (Fsp3) is 0.435. The van der Waals surface area contributed by atoms with Crippen molar-refractivity contribution in [2.75, 3.05) is 22.9 Å². The Labute approximate surface area is 194 Å². The van der Waals surface area contributed by atoms with Crippen LogP contribution >= 0.6 is 15.9 Å². The number of nitrogens with two attached hydrogens (primary N) is 2. The van der Waals surface area contributed by atoms with E-state index in [0.717, 1.165) is 51.7 Å². The quantitative estimate of drug-likeness (QED) is 0.430. The molecule has 1 fully saturated rings. The van der Waals surface area contributed by atoms with Crippen LogP contribution in [0, 0.1) is 11.8 Å². The third kappa shape index (κ3) is 3.58. The summed E-state index contributed by atoms with van der Waals surface area (Å²) in [5.74, 6) is 1.89. The van der Waals surface area contributed by atoms with Crippen molar-refractivity contribution >= 4 is 44.3 Å². The lowest BCUT2D eigenvalue weighted by atomic mass is 9.85. The molecule has 2 aromatic heterocycles. The third-order valence-corrected chi connectivity index (χ3v) is 7.71. The minimum absolute atomic E-state index is 0.0307. The standard InChI is InChI=1S/C23H27BrN6O2/c1-11(6-12-2-3-13-8-16(24)22(26)29-17(13)7-12)15-9-18(20(32)19(15)31)30-5-4-14-21(25)27-10-28-23(14)30/h2-3,7-8,10-11,15,18-20,31-32H,4-6,9H2,1H3,(H2,26,29)(H2,25,27,28)/t11-,15-,18-,19-,20+/m1/s1. The van der Waals surface area contributed by atoms with Gasteiger partial charge in [0.25, 0.3) is 0 Å². The van der Waals surface area contributed by atoms with E-state index in [1.807, 2.05) is 12.1 Å². The number of nitrogen functional groups attached to an aromatic ring is 2. The Morgan fingerprint density at radius 3 is 2.78 bits per heavy atom. The van der Waals surface area contributed by atoms with Gasteiger partial charge in [-0.1, -0.05) is 19.1 Å². The van der Waals surface area contributed by atoms with Crippen molar-refractivity contribution in [3.8, 4) is 0 Å². The fourth-order valence-electron chi connectivity index (χ4n) is 5.34. The molecule has 1 aliphatic carbocycles. The predicted octanol–water partition coefficient (Wildman–Crippen LogP) is 2.30. The number of fused-ring (bicyclic) bond motifs is 2. The number of halogens is 1. The molecule has 0 spiro atoms. The van der Waals surface area contributed by atoms with E-state index < -0.39 is 12.2 Å². The van der Waals surface area contributed by atoms with Crippen LogP contribution in [0.2, 0.25) is 0 Å². The minimum atomic E-state index is -0.833. The zero-order chi connectivity index (χ0) is 22.6. The van der Waals surface area contributed by atoms with Crippen molar-refractivity contribution in [1.29, 1.82) is 0 Å². The van der Waals surface area contributed by atoms with E-state index in [1.54, 1.807) is 0 Å². The number of aromatic nitrogens is 3. The molecular formula is C23H27BrN6O2. The number of anilines is 3. The summed E-state index contributed by atoms with van der Waals surface area (Å²) in [5, 5.41) is 22.8.